The Morgan fingerprint density at radius 2 is 1.35 bits per heavy atom. The number of carbonyl (C=O) groups excluding carboxylic acids is 3. The summed E-state index contributed by atoms with van der Waals surface area (Å²) in [6.45, 7) is 2.47. The zero-order chi connectivity index (χ0) is 15.0. The maximum absolute atomic E-state index is 12.0. The van der Waals surface area contributed by atoms with Crippen LogP contribution in [0.5, 0.6) is 0 Å². The summed E-state index contributed by atoms with van der Waals surface area (Å²) >= 11 is 6.86. The molecule has 0 saturated carbocycles. The monoisotopic (exact) mass is 364 g/mol. The van der Waals surface area contributed by atoms with Gasteiger partial charge in [-0.25, -0.2) is 0 Å². The molecule has 1 aliphatic heterocycles. The number of halogens is 1. The van der Waals surface area contributed by atoms with E-state index in [2.05, 4.69) is 28.6 Å². The van der Waals surface area contributed by atoms with Crippen molar-refractivity contribution in [2.24, 2.45) is 0 Å². The number of amides is 2. The van der Waals surface area contributed by atoms with Gasteiger partial charge < -0.3 is 9.80 Å². The van der Waals surface area contributed by atoms with E-state index in [-0.39, 0.29) is 16.9 Å². The molecule has 1 saturated heterocycles. The second kappa shape index (κ2) is 9.39. The average molecular weight is 365 g/mol. The predicted octanol–water partition coefficient (Wildman–Crippen LogP) is 1.46. The van der Waals surface area contributed by atoms with Gasteiger partial charge in [-0.3, -0.25) is 14.4 Å². The van der Waals surface area contributed by atoms with Gasteiger partial charge in [-0.15, -0.1) is 12.6 Å². The van der Waals surface area contributed by atoms with Crippen molar-refractivity contribution < 1.29 is 14.4 Å². The average Bonchev–Trinajstić information content (AvgIpc) is 2.45. The Kier molecular flexibility index (Phi) is 8.21. The van der Waals surface area contributed by atoms with Crippen molar-refractivity contribution in [3.05, 3.63) is 0 Å². The van der Waals surface area contributed by atoms with E-state index in [0.29, 0.717) is 44.4 Å². The molecule has 0 aromatic rings. The van der Waals surface area contributed by atoms with E-state index in [1.807, 2.05) is 4.90 Å². The highest BCUT2D eigenvalue weighted by atomic mass is 79.9. The number of alkyl halides is 1. The molecule has 0 spiro atoms. The maximum atomic E-state index is 12.0. The molecular formula is C13H21BrN2O3S. The molecule has 1 rings (SSSR count). The van der Waals surface area contributed by atoms with Crippen LogP contribution in [-0.2, 0) is 14.4 Å². The van der Waals surface area contributed by atoms with Crippen LogP contribution in [0.4, 0.5) is 0 Å². The fourth-order valence-corrected chi connectivity index (χ4v) is 2.69. The van der Waals surface area contributed by atoms with Gasteiger partial charge in [0.15, 0.2) is 5.12 Å². The van der Waals surface area contributed by atoms with Gasteiger partial charge in [0.1, 0.15) is 0 Å². The van der Waals surface area contributed by atoms with Crippen LogP contribution in [0.1, 0.15) is 32.1 Å². The number of rotatable bonds is 7. The first-order valence-electron chi connectivity index (χ1n) is 6.88. The summed E-state index contributed by atoms with van der Waals surface area (Å²) in [6.07, 6.45) is 3.47. The van der Waals surface area contributed by atoms with E-state index in [1.165, 1.54) is 0 Å². The largest absolute Gasteiger partial charge is 0.339 e. The first-order chi connectivity index (χ1) is 9.54. The lowest BCUT2D eigenvalue weighted by atomic mass is 10.1. The van der Waals surface area contributed by atoms with E-state index < -0.39 is 0 Å². The van der Waals surface area contributed by atoms with Crippen LogP contribution in [-0.4, -0.2) is 58.2 Å². The summed E-state index contributed by atoms with van der Waals surface area (Å²) in [7, 11) is 0. The molecule has 1 fully saturated rings. The fraction of sp³-hybridized carbons (Fsp3) is 0.769. The molecule has 2 amide bonds. The smallest absolute Gasteiger partial charge is 0.233 e. The van der Waals surface area contributed by atoms with Gasteiger partial charge in [0.25, 0.3) is 0 Å². The van der Waals surface area contributed by atoms with Crippen LogP contribution >= 0.6 is 28.6 Å². The molecule has 1 heterocycles. The topological polar surface area (TPSA) is 57.7 Å². The molecule has 0 aliphatic carbocycles. The minimum atomic E-state index is -0.0936. The van der Waals surface area contributed by atoms with E-state index in [4.69, 9.17) is 0 Å². The van der Waals surface area contributed by atoms with E-state index in [0.717, 1.165) is 19.3 Å². The van der Waals surface area contributed by atoms with Crippen LogP contribution in [0.15, 0.2) is 0 Å². The second-order valence-electron chi connectivity index (χ2n) is 4.85. The third kappa shape index (κ3) is 6.26. The first-order valence-corrected chi connectivity index (χ1v) is 8.44. The Morgan fingerprint density at radius 1 is 0.850 bits per heavy atom. The molecule has 0 aromatic carbocycles. The van der Waals surface area contributed by atoms with Gasteiger partial charge in [0, 0.05) is 39.0 Å². The zero-order valence-corrected chi connectivity index (χ0v) is 14.0. The Labute approximate surface area is 133 Å². The Bertz CT molecular complexity index is 358. The molecule has 20 heavy (non-hydrogen) atoms. The maximum Gasteiger partial charge on any atom is 0.233 e. The second-order valence-corrected chi connectivity index (χ2v) is 5.91. The van der Waals surface area contributed by atoms with Crippen LogP contribution in [0.2, 0.25) is 0 Å². The van der Waals surface area contributed by atoms with Gasteiger partial charge in [-0.2, -0.15) is 0 Å². The summed E-state index contributed by atoms with van der Waals surface area (Å²) in [4.78, 5) is 37.7. The molecule has 7 heteroatoms. The van der Waals surface area contributed by atoms with Crippen LogP contribution < -0.4 is 0 Å². The Balaban J connectivity index is 2.16. The van der Waals surface area contributed by atoms with Crippen molar-refractivity contribution >= 4 is 45.5 Å². The SMILES string of the molecule is O=C(S)CCCCCC(=O)N1CCN(C(=O)CBr)CC1. The van der Waals surface area contributed by atoms with Gasteiger partial charge in [0.2, 0.25) is 11.8 Å². The number of nitrogens with zero attached hydrogens (tertiary/aromatic N) is 2. The molecule has 0 radical (unpaired) electrons. The molecule has 114 valence electrons. The molecule has 1 aliphatic rings. The predicted molar refractivity (Wildman–Crippen MR) is 84.0 cm³/mol. The summed E-state index contributed by atoms with van der Waals surface area (Å²) < 4.78 is 0. The van der Waals surface area contributed by atoms with Crippen molar-refractivity contribution in [3.63, 3.8) is 0 Å². The van der Waals surface area contributed by atoms with Crippen molar-refractivity contribution in [2.75, 3.05) is 31.5 Å². The van der Waals surface area contributed by atoms with Gasteiger partial charge in [0.05, 0.1) is 5.33 Å². The van der Waals surface area contributed by atoms with Gasteiger partial charge in [-0.1, -0.05) is 22.4 Å². The summed E-state index contributed by atoms with van der Waals surface area (Å²) in [5.41, 5.74) is 0. The van der Waals surface area contributed by atoms with E-state index >= 15 is 0 Å². The molecule has 0 atom stereocenters. The minimum absolute atomic E-state index is 0.0773. The first kappa shape index (κ1) is 17.5. The Hall–Kier alpha value is -0.560. The van der Waals surface area contributed by atoms with Gasteiger partial charge >= 0.3 is 0 Å². The molecular weight excluding hydrogens is 344 g/mol. The number of thiol groups is 1. The highest BCUT2D eigenvalue weighted by Crippen LogP contribution is 2.09. The minimum Gasteiger partial charge on any atom is -0.339 e. The Morgan fingerprint density at radius 3 is 1.85 bits per heavy atom. The fourth-order valence-electron chi connectivity index (χ4n) is 2.18. The molecule has 0 aromatic heterocycles. The van der Waals surface area contributed by atoms with Crippen molar-refractivity contribution in [1.29, 1.82) is 0 Å². The number of piperazine rings is 1. The summed E-state index contributed by atoms with van der Waals surface area (Å²) in [5.74, 6) is 0.224. The standard InChI is InChI=1S/C13H21BrN2O3S/c14-10-12(18)16-8-6-15(7-9-16)11(17)4-2-1-3-5-13(19)20/h1-10H2,(H,19,20). The van der Waals surface area contributed by atoms with Crippen LogP contribution in [0.25, 0.3) is 0 Å². The lowest BCUT2D eigenvalue weighted by molar-refractivity contribution is -0.138. The highest BCUT2D eigenvalue weighted by molar-refractivity contribution is 9.09. The molecule has 0 N–H and O–H groups in total. The number of hydrogen-bond donors (Lipinski definition) is 1. The quantitative estimate of drug-likeness (QED) is 0.422. The van der Waals surface area contributed by atoms with E-state index in [1.54, 1.807) is 4.90 Å². The van der Waals surface area contributed by atoms with Crippen LogP contribution in [0, 0.1) is 0 Å². The van der Waals surface area contributed by atoms with Crippen molar-refractivity contribution in [2.45, 2.75) is 32.1 Å². The normalized spacial score (nSPS) is 15.3. The highest BCUT2D eigenvalue weighted by Gasteiger charge is 2.22. The summed E-state index contributed by atoms with van der Waals surface area (Å²) in [6, 6.07) is 0. The van der Waals surface area contributed by atoms with Crippen molar-refractivity contribution in [3.8, 4) is 0 Å². The van der Waals surface area contributed by atoms with Gasteiger partial charge in [-0.05, 0) is 12.8 Å². The number of carbonyl (C=O) groups is 3. The molecule has 5 nitrogen and oxygen atoms in total. The third-order valence-electron chi connectivity index (χ3n) is 3.38. The lowest BCUT2D eigenvalue weighted by Crippen LogP contribution is -2.50. The van der Waals surface area contributed by atoms with Crippen molar-refractivity contribution in [1.82, 2.24) is 9.80 Å². The zero-order valence-electron chi connectivity index (χ0n) is 11.5. The van der Waals surface area contributed by atoms with E-state index in [9.17, 15) is 14.4 Å². The number of hydrogen-bond acceptors (Lipinski definition) is 3. The summed E-state index contributed by atoms with van der Waals surface area (Å²) in [5, 5.41) is 0.245. The molecule has 0 unspecified atom stereocenters. The lowest BCUT2D eigenvalue weighted by Gasteiger charge is -2.34. The third-order valence-corrected chi connectivity index (χ3v) is 4.08. The number of unbranched alkanes of at least 4 members (excludes halogenated alkanes) is 2. The molecule has 0 bridgehead atoms. The van der Waals surface area contributed by atoms with Crippen LogP contribution in [0.3, 0.4) is 0 Å².